The number of hydrogen-bond acceptors (Lipinski definition) is 2. The molecule has 0 spiro atoms. The van der Waals surface area contributed by atoms with Crippen molar-refractivity contribution in [1.29, 1.82) is 0 Å². The number of hydrogen-bond donors (Lipinski definition) is 1. The van der Waals surface area contributed by atoms with E-state index < -0.39 is 17.7 Å². The summed E-state index contributed by atoms with van der Waals surface area (Å²) in [5, 5.41) is 2.63. The highest BCUT2D eigenvalue weighted by Gasteiger charge is 2.20. The van der Waals surface area contributed by atoms with E-state index in [0.717, 1.165) is 31.7 Å². The highest BCUT2D eigenvalue weighted by atomic mass is 19.1. The van der Waals surface area contributed by atoms with E-state index in [4.69, 9.17) is 0 Å². The van der Waals surface area contributed by atoms with Crippen LogP contribution in [0.5, 0.6) is 0 Å². The van der Waals surface area contributed by atoms with E-state index >= 15 is 0 Å². The Balaban J connectivity index is 1.89. The average Bonchev–Trinajstić information content (AvgIpc) is 2.89. The third-order valence-electron chi connectivity index (χ3n) is 3.84. The van der Waals surface area contributed by atoms with Gasteiger partial charge in [-0.3, -0.25) is 4.79 Å². The van der Waals surface area contributed by atoms with E-state index in [1.54, 1.807) is 0 Å². The van der Waals surface area contributed by atoms with Gasteiger partial charge >= 0.3 is 0 Å². The Kier molecular flexibility index (Phi) is 5.42. The van der Waals surface area contributed by atoms with Crippen LogP contribution in [0, 0.1) is 17.6 Å². The maximum Gasteiger partial charge on any atom is 0.220 e. The molecule has 1 fully saturated rings. The largest absolute Gasteiger partial charge is 0.346 e. The molecule has 0 saturated heterocycles. The maximum atomic E-state index is 13.1. The van der Waals surface area contributed by atoms with Crippen molar-refractivity contribution in [3.8, 4) is 0 Å². The van der Waals surface area contributed by atoms with E-state index in [-0.39, 0.29) is 12.3 Å². The zero-order valence-corrected chi connectivity index (χ0v) is 11.8. The molecule has 5 heteroatoms. The van der Waals surface area contributed by atoms with Gasteiger partial charge in [0, 0.05) is 12.5 Å². The van der Waals surface area contributed by atoms with Gasteiger partial charge in [-0.25, -0.2) is 8.78 Å². The summed E-state index contributed by atoms with van der Waals surface area (Å²) in [5.74, 6) is -1.15. The predicted octanol–water partition coefficient (Wildman–Crippen LogP) is 2.77. The van der Waals surface area contributed by atoms with Crippen LogP contribution in [0.1, 0.15) is 37.7 Å². The smallest absolute Gasteiger partial charge is 0.220 e. The molecule has 0 aliphatic heterocycles. The van der Waals surface area contributed by atoms with E-state index in [0.29, 0.717) is 24.2 Å². The van der Waals surface area contributed by atoms with Crippen molar-refractivity contribution >= 4 is 12.2 Å². The number of carbonyl (C=O) groups is 2. The first-order valence-corrected chi connectivity index (χ1v) is 7.26. The number of rotatable bonds is 6. The minimum absolute atomic E-state index is 0.0919. The van der Waals surface area contributed by atoms with Gasteiger partial charge < -0.3 is 10.1 Å². The van der Waals surface area contributed by atoms with Crippen LogP contribution in [0.3, 0.4) is 0 Å². The standard InChI is InChI=1S/C16H19F2NO2/c17-13-5-12(6-14(18)9-13)7-15(10-20)19-16(21)8-11-3-1-2-4-11/h5-6,9-11,15H,1-4,7-8H2,(H,19,21)/t15-/m0/s1. The first kappa shape index (κ1) is 15.6. The third kappa shape index (κ3) is 4.92. The molecular formula is C16H19F2NO2. The van der Waals surface area contributed by atoms with E-state index in [9.17, 15) is 18.4 Å². The second kappa shape index (κ2) is 7.29. The quantitative estimate of drug-likeness (QED) is 0.820. The molecule has 0 bridgehead atoms. The molecule has 3 nitrogen and oxygen atoms in total. The number of nitrogens with one attached hydrogen (secondary N) is 1. The second-order valence-electron chi connectivity index (χ2n) is 5.65. The van der Waals surface area contributed by atoms with Gasteiger partial charge in [0.15, 0.2) is 0 Å². The molecule has 21 heavy (non-hydrogen) atoms. The second-order valence-corrected chi connectivity index (χ2v) is 5.65. The third-order valence-corrected chi connectivity index (χ3v) is 3.84. The van der Waals surface area contributed by atoms with Crippen molar-refractivity contribution in [3.05, 3.63) is 35.4 Å². The topological polar surface area (TPSA) is 46.2 Å². The lowest BCUT2D eigenvalue weighted by Crippen LogP contribution is -2.38. The highest BCUT2D eigenvalue weighted by Crippen LogP contribution is 2.27. The van der Waals surface area contributed by atoms with Crippen molar-refractivity contribution in [2.24, 2.45) is 5.92 Å². The molecular weight excluding hydrogens is 276 g/mol. The van der Waals surface area contributed by atoms with Gasteiger partial charge in [0.25, 0.3) is 0 Å². The molecule has 114 valence electrons. The molecule has 1 aliphatic rings. The maximum absolute atomic E-state index is 13.1. The number of halogens is 2. The Morgan fingerprint density at radius 2 is 1.86 bits per heavy atom. The van der Waals surface area contributed by atoms with E-state index in [1.165, 1.54) is 12.1 Å². The van der Waals surface area contributed by atoms with Crippen LogP contribution in [0.15, 0.2) is 18.2 Å². The lowest BCUT2D eigenvalue weighted by molar-refractivity contribution is -0.124. The summed E-state index contributed by atoms with van der Waals surface area (Å²) in [6.07, 6.45) is 5.52. The molecule has 0 unspecified atom stereocenters. The van der Waals surface area contributed by atoms with Crippen LogP contribution >= 0.6 is 0 Å². The van der Waals surface area contributed by atoms with Gasteiger partial charge in [-0.05, 0) is 42.9 Å². The Bertz CT molecular complexity index is 493. The van der Waals surface area contributed by atoms with Gasteiger partial charge in [0.05, 0.1) is 6.04 Å². The SMILES string of the molecule is O=C[C@H](Cc1cc(F)cc(F)c1)NC(=O)CC1CCCC1. The molecule has 1 saturated carbocycles. The molecule has 1 atom stereocenters. The van der Waals surface area contributed by atoms with Crippen LogP contribution < -0.4 is 5.32 Å². The summed E-state index contributed by atoms with van der Waals surface area (Å²) >= 11 is 0. The summed E-state index contributed by atoms with van der Waals surface area (Å²) in [4.78, 5) is 22.9. The fourth-order valence-electron chi connectivity index (χ4n) is 2.86. The Labute approximate surface area is 122 Å². The summed E-state index contributed by atoms with van der Waals surface area (Å²) in [5.41, 5.74) is 0.353. The summed E-state index contributed by atoms with van der Waals surface area (Å²) in [6.45, 7) is 0. The first-order valence-electron chi connectivity index (χ1n) is 7.26. The van der Waals surface area contributed by atoms with Crippen molar-refractivity contribution in [2.75, 3.05) is 0 Å². The van der Waals surface area contributed by atoms with Crippen LogP contribution in [0.4, 0.5) is 8.78 Å². The predicted molar refractivity (Wildman–Crippen MR) is 74.6 cm³/mol. The molecule has 0 aromatic heterocycles. The summed E-state index contributed by atoms with van der Waals surface area (Å²) < 4.78 is 26.2. The molecule has 0 radical (unpaired) electrons. The fourth-order valence-corrected chi connectivity index (χ4v) is 2.86. The molecule has 1 aromatic rings. The number of benzene rings is 1. The first-order chi connectivity index (χ1) is 10.1. The summed E-state index contributed by atoms with van der Waals surface area (Å²) in [6, 6.07) is 2.36. The van der Waals surface area contributed by atoms with E-state index in [2.05, 4.69) is 5.32 Å². The Hall–Kier alpha value is -1.78. The van der Waals surface area contributed by atoms with Crippen LogP contribution in [0.25, 0.3) is 0 Å². The number of aldehydes is 1. The monoisotopic (exact) mass is 295 g/mol. The lowest BCUT2D eigenvalue weighted by Gasteiger charge is -2.15. The summed E-state index contributed by atoms with van der Waals surface area (Å²) in [7, 11) is 0. The fraction of sp³-hybridized carbons (Fsp3) is 0.500. The molecule has 1 amide bonds. The van der Waals surface area contributed by atoms with Gasteiger partial charge in [0.1, 0.15) is 17.9 Å². The zero-order valence-electron chi connectivity index (χ0n) is 11.8. The minimum atomic E-state index is -0.750. The van der Waals surface area contributed by atoms with Crippen molar-refractivity contribution in [1.82, 2.24) is 5.32 Å². The Morgan fingerprint density at radius 1 is 1.24 bits per heavy atom. The van der Waals surface area contributed by atoms with Gasteiger partial charge in [-0.2, -0.15) is 0 Å². The van der Waals surface area contributed by atoms with E-state index in [1.807, 2.05) is 0 Å². The molecule has 2 rings (SSSR count). The molecule has 1 aromatic carbocycles. The molecule has 1 N–H and O–H groups in total. The number of carbonyl (C=O) groups excluding carboxylic acids is 2. The van der Waals surface area contributed by atoms with Crippen LogP contribution in [0.2, 0.25) is 0 Å². The average molecular weight is 295 g/mol. The zero-order chi connectivity index (χ0) is 15.2. The van der Waals surface area contributed by atoms with Crippen molar-refractivity contribution in [3.63, 3.8) is 0 Å². The van der Waals surface area contributed by atoms with Crippen molar-refractivity contribution < 1.29 is 18.4 Å². The molecule has 1 aliphatic carbocycles. The highest BCUT2D eigenvalue weighted by molar-refractivity contribution is 5.79. The number of amides is 1. The molecule has 0 heterocycles. The van der Waals surface area contributed by atoms with Gasteiger partial charge in [-0.15, -0.1) is 0 Å². The van der Waals surface area contributed by atoms with Crippen molar-refractivity contribution in [2.45, 2.75) is 44.6 Å². The van der Waals surface area contributed by atoms with Gasteiger partial charge in [-0.1, -0.05) is 12.8 Å². The van der Waals surface area contributed by atoms with Gasteiger partial charge in [0.2, 0.25) is 5.91 Å². The normalized spacial score (nSPS) is 16.7. The minimum Gasteiger partial charge on any atom is -0.346 e. The Morgan fingerprint density at radius 3 is 2.43 bits per heavy atom. The van der Waals surface area contributed by atoms with Crippen LogP contribution in [-0.2, 0) is 16.0 Å². The van der Waals surface area contributed by atoms with Crippen LogP contribution in [-0.4, -0.2) is 18.2 Å². The lowest BCUT2D eigenvalue weighted by atomic mass is 10.0.